The Kier molecular flexibility index (Phi) is 5.90. The topological polar surface area (TPSA) is 40.5 Å². The first-order valence-electron chi connectivity index (χ1n) is 5.73. The van der Waals surface area contributed by atoms with Crippen LogP contribution in [0.25, 0.3) is 0 Å². The first-order valence-corrected chi connectivity index (χ1v) is 6.52. The molecular weight excluding hydrogens is 294 g/mol. The van der Waals surface area contributed by atoms with Crippen molar-refractivity contribution >= 4 is 21.9 Å². The van der Waals surface area contributed by atoms with Gasteiger partial charge in [0.2, 0.25) is 0 Å². The van der Waals surface area contributed by atoms with Gasteiger partial charge in [-0.15, -0.1) is 6.42 Å². The number of carboxylic acids is 1. The van der Waals surface area contributed by atoms with E-state index in [1.54, 1.807) is 4.90 Å². The van der Waals surface area contributed by atoms with E-state index in [2.05, 4.69) is 21.9 Å². The van der Waals surface area contributed by atoms with E-state index in [9.17, 15) is 4.79 Å². The van der Waals surface area contributed by atoms with Gasteiger partial charge < -0.3 is 5.11 Å². The number of benzene rings is 1. The Hall–Kier alpha value is -1.31. The number of halogens is 1. The molecule has 0 amide bonds. The molecular formula is C14H16BrNO2. The zero-order chi connectivity index (χ0) is 13.5. The van der Waals surface area contributed by atoms with Crippen molar-refractivity contribution in [1.29, 1.82) is 0 Å². The van der Waals surface area contributed by atoms with E-state index < -0.39 is 5.97 Å². The molecule has 0 saturated heterocycles. The zero-order valence-electron chi connectivity index (χ0n) is 10.3. The van der Waals surface area contributed by atoms with E-state index in [-0.39, 0.29) is 12.6 Å². The smallest absolute Gasteiger partial charge is 0.317 e. The molecule has 1 unspecified atom stereocenters. The van der Waals surface area contributed by atoms with Crippen molar-refractivity contribution in [3.8, 4) is 12.3 Å². The minimum absolute atomic E-state index is 0.0228. The quantitative estimate of drug-likeness (QED) is 0.821. The molecule has 0 aliphatic carbocycles. The van der Waals surface area contributed by atoms with Gasteiger partial charge in [0.25, 0.3) is 0 Å². The van der Waals surface area contributed by atoms with Crippen LogP contribution in [0.2, 0.25) is 0 Å². The molecule has 0 bridgehead atoms. The molecule has 1 aromatic rings. The van der Waals surface area contributed by atoms with Crippen molar-refractivity contribution in [2.45, 2.75) is 19.4 Å². The Labute approximate surface area is 116 Å². The fourth-order valence-electron chi connectivity index (χ4n) is 1.99. The monoisotopic (exact) mass is 309 g/mol. The van der Waals surface area contributed by atoms with E-state index in [4.69, 9.17) is 11.5 Å². The second-order valence-corrected chi connectivity index (χ2v) is 4.90. The van der Waals surface area contributed by atoms with Crippen LogP contribution >= 0.6 is 15.9 Å². The lowest BCUT2D eigenvalue weighted by atomic mass is 10.0. The molecule has 0 saturated carbocycles. The fraction of sp³-hybridized carbons (Fsp3) is 0.357. The van der Waals surface area contributed by atoms with Crippen LogP contribution in [-0.2, 0) is 4.79 Å². The SMILES string of the molecule is C#CCN(CC(=O)O)C(CC)c1cccc(Br)c1. The van der Waals surface area contributed by atoms with Gasteiger partial charge in [-0.05, 0) is 24.1 Å². The third-order valence-electron chi connectivity index (χ3n) is 2.69. The summed E-state index contributed by atoms with van der Waals surface area (Å²) in [6.45, 7) is 2.31. The summed E-state index contributed by atoms with van der Waals surface area (Å²) < 4.78 is 0.981. The molecule has 0 aromatic heterocycles. The van der Waals surface area contributed by atoms with Crippen molar-refractivity contribution < 1.29 is 9.90 Å². The summed E-state index contributed by atoms with van der Waals surface area (Å²) in [4.78, 5) is 12.7. The number of rotatable bonds is 6. The van der Waals surface area contributed by atoms with E-state index in [1.165, 1.54) is 0 Å². The maximum Gasteiger partial charge on any atom is 0.317 e. The van der Waals surface area contributed by atoms with E-state index in [0.29, 0.717) is 6.54 Å². The summed E-state index contributed by atoms with van der Waals surface area (Å²) in [7, 11) is 0. The van der Waals surface area contributed by atoms with Crippen molar-refractivity contribution in [3.63, 3.8) is 0 Å². The molecule has 18 heavy (non-hydrogen) atoms. The number of hydrogen-bond acceptors (Lipinski definition) is 2. The van der Waals surface area contributed by atoms with E-state index >= 15 is 0 Å². The highest BCUT2D eigenvalue weighted by Gasteiger charge is 2.20. The lowest BCUT2D eigenvalue weighted by molar-refractivity contribution is -0.138. The minimum Gasteiger partial charge on any atom is -0.480 e. The molecule has 1 aromatic carbocycles. The number of aliphatic carboxylic acids is 1. The zero-order valence-corrected chi connectivity index (χ0v) is 11.9. The lowest BCUT2D eigenvalue weighted by Gasteiger charge is -2.28. The van der Waals surface area contributed by atoms with Crippen LogP contribution in [0.15, 0.2) is 28.7 Å². The number of carbonyl (C=O) groups is 1. The Bertz CT molecular complexity index is 453. The molecule has 4 heteroatoms. The first kappa shape index (κ1) is 14.7. The Morgan fingerprint density at radius 2 is 2.33 bits per heavy atom. The van der Waals surface area contributed by atoms with E-state index in [1.807, 2.05) is 31.2 Å². The maximum atomic E-state index is 10.9. The van der Waals surface area contributed by atoms with Crippen LogP contribution in [0.5, 0.6) is 0 Å². The number of nitrogens with zero attached hydrogens (tertiary/aromatic N) is 1. The second kappa shape index (κ2) is 7.20. The summed E-state index contributed by atoms with van der Waals surface area (Å²) in [6, 6.07) is 7.90. The predicted octanol–water partition coefficient (Wildman–Crippen LogP) is 2.92. The molecule has 1 rings (SSSR count). The summed E-state index contributed by atoms with van der Waals surface area (Å²) in [5.41, 5.74) is 1.07. The number of hydrogen-bond donors (Lipinski definition) is 1. The summed E-state index contributed by atoms with van der Waals surface area (Å²) in [6.07, 6.45) is 6.12. The lowest BCUT2D eigenvalue weighted by Crippen LogP contribution is -2.33. The molecule has 3 nitrogen and oxygen atoms in total. The second-order valence-electron chi connectivity index (χ2n) is 3.98. The van der Waals surface area contributed by atoms with Gasteiger partial charge in [-0.1, -0.05) is 40.9 Å². The first-order chi connectivity index (χ1) is 8.58. The normalized spacial score (nSPS) is 12.1. The molecule has 1 N–H and O–H groups in total. The molecule has 0 spiro atoms. The molecule has 96 valence electrons. The van der Waals surface area contributed by atoms with Gasteiger partial charge in [-0.2, -0.15) is 0 Å². The van der Waals surface area contributed by atoms with Crippen LogP contribution in [0.4, 0.5) is 0 Å². The van der Waals surface area contributed by atoms with Gasteiger partial charge in [0.05, 0.1) is 13.1 Å². The van der Waals surface area contributed by atoms with Gasteiger partial charge in [0.1, 0.15) is 0 Å². The van der Waals surface area contributed by atoms with Crippen molar-refractivity contribution in [1.82, 2.24) is 4.90 Å². The van der Waals surface area contributed by atoms with Crippen LogP contribution in [0, 0.1) is 12.3 Å². The van der Waals surface area contributed by atoms with Crippen LogP contribution < -0.4 is 0 Å². The third kappa shape index (κ3) is 4.17. The third-order valence-corrected chi connectivity index (χ3v) is 3.19. The minimum atomic E-state index is -0.862. The molecule has 0 fully saturated rings. The highest BCUT2D eigenvalue weighted by Crippen LogP contribution is 2.26. The van der Waals surface area contributed by atoms with Gasteiger partial charge in [-0.25, -0.2) is 0 Å². The highest BCUT2D eigenvalue weighted by molar-refractivity contribution is 9.10. The standard InChI is InChI=1S/C14H16BrNO2/c1-3-8-16(10-14(17)18)13(4-2)11-6-5-7-12(15)9-11/h1,5-7,9,13H,4,8,10H2,2H3,(H,17,18). The Morgan fingerprint density at radius 3 is 2.83 bits per heavy atom. The van der Waals surface area contributed by atoms with Crippen LogP contribution in [0.1, 0.15) is 24.9 Å². The average molecular weight is 310 g/mol. The predicted molar refractivity (Wildman–Crippen MR) is 75.2 cm³/mol. The molecule has 0 heterocycles. The van der Waals surface area contributed by atoms with Gasteiger partial charge >= 0.3 is 5.97 Å². The van der Waals surface area contributed by atoms with Gasteiger partial charge in [-0.3, -0.25) is 9.69 Å². The molecule has 1 atom stereocenters. The van der Waals surface area contributed by atoms with E-state index in [0.717, 1.165) is 16.5 Å². The average Bonchev–Trinajstić information content (AvgIpc) is 2.29. The van der Waals surface area contributed by atoms with Gasteiger partial charge in [0, 0.05) is 10.5 Å². The van der Waals surface area contributed by atoms with Crippen LogP contribution in [-0.4, -0.2) is 29.1 Å². The number of terminal acetylenes is 1. The Morgan fingerprint density at radius 1 is 1.61 bits per heavy atom. The largest absolute Gasteiger partial charge is 0.480 e. The molecule has 0 radical (unpaired) electrons. The maximum absolute atomic E-state index is 10.9. The summed E-state index contributed by atoms with van der Waals surface area (Å²) >= 11 is 3.42. The number of carboxylic acid groups (broad SMARTS) is 1. The van der Waals surface area contributed by atoms with Gasteiger partial charge in [0.15, 0.2) is 0 Å². The van der Waals surface area contributed by atoms with Crippen molar-refractivity contribution in [2.24, 2.45) is 0 Å². The summed E-state index contributed by atoms with van der Waals surface area (Å²) in [5.74, 6) is 1.66. The fourth-order valence-corrected chi connectivity index (χ4v) is 2.40. The molecule has 0 aliphatic rings. The highest BCUT2D eigenvalue weighted by atomic mass is 79.9. The van der Waals surface area contributed by atoms with Crippen molar-refractivity contribution in [3.05, 3.63) is 34.3 Å². The Balaban J connectivity index is 2.98. The van der Waals surface area contributed by atoms with Crippen molar-refractivity contribution in [2.75, 3.05) is 13.1 Å². The molecule has 0 aliphatic heterocycles. The summed E-state index contributed by atoms with van der Waals surface area (Å²) in [5, 5.41) is 8.94. The van der Waals surface area contributed by atoms with Crippen LogP contribution in [0.3, 0.4) is 0 Å².